The van der Waals surface area contributed by atoms with Gasteiger partial charge < -0.3 is 6.53 Å². The Morgan fingerprint density at radius 1 is 1.42 bits per heavy atom. The number of nitro benzene ring substituents is 1. The number of phenolic OH excluding ortho intramolecular Hbond substituents is 1. The Bertz CT molecular complexity index is 274. The minimum atomic E-state index is -0.630. The topological polar surface area (TPSA) is 63.4 Å². The third kappa shape index (κ3) is 3.84. The van der Waals surface area contributed by atoms with E-state index in [1.165, 1.54) is 24.3 Å². The molecule has 0 bridgehead atoms. The summed E-state index contributed by atoms with van der Waals surface area (Å²) in [6.45, 7) is 0. The molecule has 4 nitrogen and oxygen atoms in total. The number of phenols is 1. The van der Waals surface area contributed by atoms with Gasteiger partial charge in [-0.25, -0.2) is 0 Å². The van der Waals surface area contributed by atoms with Gasteiger partial charge in [0.15, 0.2) is 5.75 Å². The second-order valence-corrected chi connectivity index (χ2v) is 1.75. The summed E-state index contributed by atoms with van der Waals surface area (Å²) in [6, 6.07) is 5.55. The molecule has 0 unspecified atom stereocenters. The van der Waals surface area contributed by atoms with Gasteiger partial charge in [0, 0.05) is 33.7 Å². The summed E-state index contributed by atoms with van der Waals surface area (Å²) < 4.78 is 0. The first-order chi connectivity index (χ1) is 4.72. The predicted molar refractivity (Wildman–Crippen MR) is 35.9 cm³/mol. The third-order valence-corrected chi connectivity index (χ3v) is 1.08. The van der Waals surface area contributed by atoms with Gasteiger partial charge in [0.25, 0.3) is 0 Å². The van der Waals surface area contributed by atoms with Crippen molar-refractivity contribution in [2.75, 3.05) is 0 Å². The molecule has 0 saturated carbocycles. The molecule has 0 saturated heterocycles. The van der Waals surface area contributed by atoms with E-state index in [-0.39, 0.29) is 70.1 Å². The zero-order valence-electron chi connectivity index (χ0n) is 7.73. The summed E-state index contributed by atoms with van der Waals surface area (Å²) in [5.74, 6) is -0.299. The zero-order chi connectivity index (χ0) is 7.56. The standard InChI is InChI=1S/C6H5NO3.Hg.Na.H/c8-6-4-2-1-3-5(6)7(9)10;;;/h1-4,8H;;;/q;;+1;-1. The van der Waals surface area contributed by atoms with Crippen LogP contribution in [0.3, 0.4) is 0 Å². The van der Waals surface area contributed by atoms with E-state index in [0.717, 1.165) is 0 Å². The Morgan fingerprint density at radius 2 is 1.92 bits per heavy atom. The van der Waals surface area contributed by atoms with Crippen molar-refractivity contribution in [2.45, 2.75) is 0 Å². The fraction of sp³-hybridized carbons (Fsp3) is 0. The van der Waals surface area contributed by atoms with E-state index in [0.29, 0.717) is 0 Å². The monoisotopic (exact) mass is 365 g/mol. The molecule has 0 aliphatic carbocycles. The van der Waals surface area contributed by atoms with E-state index in [4.69, 9.17) is 5.11 Å². The number of rotatable bonds is 1. The molecule has 56 valence electrons. The van der Waals surface area contributed by atoms with Crippen molar-refractivity contribution in [3.05, 3.63) is 34.4 Å². The Labute approximate surface area is 113 Å². The van der Waals surface area contributed by atoms with Crippen LogP contribution in [-0.4, -0.2) is 10.0 Å². The van der Waals surface area contributed by atoms with Crippen LogP contribution in [0.25, 0.3) is 0 Å². The molecule has 0 atom stereocenters. The molecule has 0 heterocycles. The van der Waals surface area contributed by atoms with Gasteiger partial charge in [0.1, 0.15) is 0 Å². The predicted octanol–water partition coefficient (Wildman–Crippen LogP) is -1.59. The Balaban J connectivity index is -0.000000333. The number of hydrogen-bond donors (Lipinski definition) is 1. The maximum absolute atomic E-state index is 10.1. The van der Waals surface area contributed by atoms with Crippen molar-refractivity contribution in [1.29, 1.82) is 0 Å². The van der Waals surface area contributed by atoms with Gasteiger partial charge >= 0.3 is 35.2 Å². The number of aromatic hydroxyl groups is 1. The first-order valence-corrected chi connectivity index (χ1v) is 2.64. The van der Waals surface area contributed by atoms with Gasteiger partial charge in [-0.15, -0.1) is 0 Å². The summed E-state index contributed by atoms with van der Waals surface area (Å²) in [7, 11) is 0. The maximum Gasteiger partial charge on any atom is 1.00 e. The number of para-hydroxylation sites is 2. The first-order valence-electron chi connectivity index (χ1n) is 2.64. The molecule has 0 radical (unpaired) electrons. The normalized spacial score (nSPS) is 7.67. The van der Waals surface area contributed by atoms with Crippen molar-refractivity contribution in [3.8, 4) is 5.75 Å². The van der Waals surface area contributed by atoms with Gasteiger partial charge in [-0.2, -0.15) is 0 Å². The minimum absolute atomic E-state index is 0. The smallest absolute Gasteiger partial charge is 1.00 e. The van der Waals surface area contributed by atoms with Crippen LogP contribution in [0.2, 0.25) is 0 Å². The van der Waals surface area contributed by atoms with Gasteiger partial charge in [-0.1, -0.05) is 12.1 Å². The fourth-order valence-corrected chi connectivity index (χ4v) is 0.619. The van der Waals surface area contributed by atoms with E-state index in [9.17, 15) is 10.1 Å². The number of benzene rings is 1. The molecule has 0 aliphatic heterocycles. The van der Waals surface area contributed by atoms with Crippen LogP contribution in [0.4, 0.5) is 5.69 Å². The van der Waals surface area contributed by atoms with E-state index >= 15 is 0 Å². The first kappa shape index (κ1) is 14.9. The van der Waals surface area contributed by atoms with Crippen molar-refractivity contribution in [2.24, 2.45) is 0 Å². The second-order valence-electron chi connectivity index (χ2n) is 1.75. The summed E-state index contributed by atoms with van der Waals surface area (Å²) >= 11 is 0. The molecule has 0 fully saturated rings. The van der Waals surface area contributed by atoms with Gasteiger partial charge in [-0.05, 0) is 6.07 Å². The van der Waals surface area contributed by atoms with Crippen molar-refractivity contribution >= 4 is 5.69 Å². The molecular weight excluding hydrogens is 358 g/mol. The average molecular weight is 364 g/mol. The van der Waals surface area contributed by atoms with E-state index in [2.05, 4.69) is 0 Å². The van der Waals surface area contributed by atoms with E-state index < -0.39 is 4.92 Å². The Morgan fingerprint density at radius 3 is 2.25 bits per heavy atom. The zero-order valence-corrected chi connectivity index (χ0v) is 14.2. The molecule has 12 heavy (non-hydrogen) atoms. The molecule has 0 spiro atoms. The van der Waals surface area contributed by atoms with Crippen LogP contribution in [0.5, 0.6) is 5.75 Å². The van der Waals surface area contributed by atoms with Crippen molar-refractivity contribution in [1.82, 2.24) is 0 Å². The van der Waals surface area contributed by atoms with Crippen LogP contribution in [0, 0.1) is 10.1 Å². The molecule has 6 heteroatoms. The van der Waals surface area contributed by atoms with Gasteiger partial charge in [-0.3, -0.25) is 10.1 Å². The SMILES string of the molecule is O=[N+]([O-])c1ccccc1O.[H-].[Hg].[Na+]. The van der Waals surface area contributed by atoms with Crippen molar-refractivity contribution in [3.63, 3.8) is 0 Å². The molecule has 1 rings (SSSR count). The number of nitrogens with zero attached hydrogens (tertiary/aromatic N) is 1. The van der Waals surface area contributed by atoms with E-state index in [1.54, 1.807) is 0 Å². The maximum atomic E-state index is 10.1. The average Bonchev–Trinajstić information content (AvgIpc) is 1.88. The second kappa shape index (κ2) is 6.83. The third-order valence-electron chi connectivity index (χ3n) is 1.08. The van der Waals surface area contributed by atoms with Crippen LogP contribution in [0.15, 0.2) is 24.3 Å². The number of nitro groups is 1. The summed E-state index contributed by atoms with van der Waals surface area (Å²) in [4.78, 5) is 9.44. The molecule has 1 aromatic carbocycles. The van der Waals surface area contributed by atoms with Crippen LogP contribution >= 0.6 is 0 Å². The molecule has 1 aromatic rings. The molecule has 0 aromatic heterocycles. The van der Waals surface area contributed by atoms with Crippen molar-refractivity contribution < 1.29 is 68.7 Å². The molecule has 0 amide bonds. The van der Waals surface area contributed by atoms with Crippen LogP contribution in [-0.2, 0) is 27.7 Å². The fourth-order valence-electron chi connectivity index (χ4n) is 0.619. The quantitative estimate of drug-likeness (QED) is 0.372. The summed E-state index contributed by atoms with van der Waals surface area (Å²) in [5, 5.41) is 18.9. The molecule has 1 N–H and O–H groups in total. The van der Waals surface area contributed by atoms with E-state index in [1.807, 2.05) is 0 Å². The van der Waals surface area contributed by atoms with Crippen LogP contribution in [0.1, 0.15) is 1.43 Å². The summed E-state index contributed by atoms with van der Waals surface area (Å²) in [5.41, 5.74) is -0.262. The van der Waals surface area contributed by atoms with Crippen LogP contribution < -0.4 is 29.6 Å². The van der Waals surface area contributed by atoms with Gasteiger partial charge in [0.2, 0.25) is 0 Å². The Hall–Kier alpha value is 0.355. The summed E-state index contributed by atoms with van der Waals surface area (Å²) in [6.07, 6.45) is 0. The Kier molecular flexibility index (Phi) is 8.45. The largest absolute Gasteiger partial charge is 1.00 e. The molecule has 0 aliphatic rings. The molecular formula is C6H6HgNNaO3. The van der Waals surface area contributed by atoms with Gasteiger partial charge in [0.05, 0.1) is 4.92 Å². The minimum Gasteiger partial charge on any atom is -1.00 e. The number of hydrogen-bond acceptors (Lipinski definition) is 3.